The Bertz CT molecular complexity index is 415. The summed E-state index contributed by atoms with van der Waals surface area (Å²) < 4.78 is 15.6. The molecule has 0 aliphatic carbocycles. The molecule has 0 aromatic heterocycles. The van der Waals surface area contributed by atoms with Crippen LogP contribution in [0.5, 0.6) is 11.5 Å². The Balaban J connectivity index is 2.02. The predicted molar refractivity (Wildman–Crippen MR) is 59.6 cm³/mol. The molecule has 1 N–H and O–H groups in total. The maximum Gasteiger partial charge on any atom is 0.345 e. The molecule has 5 heteroatoms. The van der Waals surface area contributed by atoms with Crippen molar-refractivity contribution in [1.82, 2.24) is 0 Å². The van der Waals surface area contributed by atoms with Gasteiger partial charge in [-0.2, -0.15) is 0 Å². The third-order valence-corrected chi connectivity index (χ3v) is 2.54. The molecule has 2 rings (SSSR count). The zero-order valence-electron chi connectivity index (χ0n) is 9.51. The Morgan fingerprint density at radius 2 is 2.35 bits per heavy atom. The quantitative estimate of drug-likeness (QED) is 0.778. The number of fused-ring (bicyclic) bond motifs is 1. The maximum absolute atomic E-state index is 10.8. The number of aliphatic carboxylic acids is 1. The van der Waals surface area contributed by atoms with Gasteiger partial charge in [0.15, 0.2) is 6.10 Å². The summed E-state index contributed by atoms with van der Waals surface area (Å²) in [6, 6.07) is 5.36. The first-order valence-electron chi connectivity index (χ1n) is 5.35. The minimum atomic E-state index is -0.942. The van der Waals surface area contributed by atoms with E-state index in [9.17, 15) is 4.79 Å². The molecule has 0 spiro atoms. The van der Waals surface area contributed by atoms with E-state index in [1.165, 1.54) is 0 Å². The minimum absolute atomic E-state index is 0.406. The van der Waals surface area contributed by atoms with Crippen molar-refractivity contribution < 1.29 is 24.1 Å². The summed E-state index contributed by atoms with van der Waals surface area (Å²) in [6.45, 7) is 0.966. The number of carboxylic acids is 1. The summed E-state index contributed by atoms with van der Waals surface area (Å²) in [5.74, 6) is 0.308. The lowest BCUT2D eigenvalue weighted by Gasteiger charge is -2.07. The first kappa shape index (κ1) is 11.7. The van der Waals surface area contributed by atoms with Crippen LogP contribution in [0.25, 0.3) is 0 Å². The summed E-state index contributed by atoms with van der Waals surface area (Å²) in [6.07, 6.45) is -0.373. The Kier molecular flexibility index (Phi) is 3.49. The van der Waals surface area contributed by atoms with E-state index in [2.05, 4.69) is 0 Å². The average molecular weight is 238 g/mol. The summed E-state index contributed by atoms with van der Waals surface area (Å²) in [7, 11) is 1.60. The molecule has 0 amide bonds. The van der Waals surface area contributed by atoms with Crippen molar-refractivity contribution in [3.63, 3.8) is 0 Å². The first-order valence-corrected chi connectivity index (χ1v) is 5.35. The molecule has 1 heterocycles. The van der Waals surface area contributed by atoms with Gasteiger partial charge in [0.25, 0.3) is 0 Å². The van der Waals surface area contributed by atoms with Crippen molar-refractivity contribution in [2.24, 2.45) is 0 Å². The second-order valence-corrected chi connectivity index (χ2v) is 3.76. The van der Waals surface area contributed by atoms with E-state index in [4.69, 9.17) is 19.3 Å². The molecule has 0 radical (unpaired) electrons. The van der Waals surface area contributed by atoms with Crippen LogP contribution in [0.4, 0.5) is 0 Å². The van der Waals surface area contributed by atoms with Gasteiger partial charge in [-0.05, 0) is 11.6 Å². The predicted octanol–water partition coefficient (Wildman–Crippen LogP) is 1.10. The standard InChI is InChI=1S/C12H14O5/c1-15-4-5-16-9-3-2-8-6-11(12(13)14)17-10(8)7-9/h2-3,7,11H,4-6H2,1H3,(H,13,14). The second-order valence-electron chi connectivity index (χ2n) is 3.76. The molecule has 5 nitrogen and oxygen atoms in total. The number of ether oxygens (including phenoxy) is 3. The normalized spacial score (nSPS) is 17.4. The van der Waals surface area contributed by atoms with Crippen LogP contribution in [0.1, 0.15) is 5.56 Å². The largest absolute Gasteiger partial charge is 0.491 e. The molecule has 1 unspecified atom stereocenters. The van der Waals surface area contributed by atoms with Crippen molar-refractivity contribution in [3.05, 3.63) is 23.8 Å². The summed E-state index contributed by atoms with van der Waals surface area (Å²) in [4.78, 5) is 10.8. The third kappa shape index (κ3) is 2.68. The van der Waals surface area contributed by atoms with E-state index in [-0.39, 0.29) is 0 Å². The molecule has 1 aliphatic rings. The molecule has 0 fully saturated rings. The van der Waals surface area contributed by atoms with Crippen LogP contribution in [0.3, 0.4) is 0 Å². The minimum Gasteiger partial charge on any atom is -0.491 e. The van der Waals surface area contributed by atoms with Gasteiger partial charge in [-0.1, -0.05) is 6.07 Å². The van der Waals surface area contributed by atoms with Gasteiger partial charge in [-0.25, -0.2) is 4.79 Å². The molecule has 1 atom stereocenters. The van der Waals surface area contributed by atoms with Gasteiger partial charge in [0.1, 0.15) is 18.1 Å². The Morgan fingerprint density at radius 3 is 3.06 bits per heavy atom. The van der Waals surface area contributed by atoms with E-state index in [0.717, 1.165) is 5.56 Å². The van der Waals surface area contributed by atoms with E-state index in [1.54, 1.807) is 13.2 Å². The molecular formula is C12H14O5. The van der Waals surface area contributed by atoms with Crippen LogP contribution in [0.2, 0.25) is 0 Å². The van der Waals surface area contributed by atoms with Crippen LogP contribution in [-0.4, -0.2) is 37.5 Å². The smallest absolute Gasteiger partial charge is 0.345 e. The number of carbonyl (C=O) groups is 1. The number of hydrogen-bond acceptors (Lipinski definition) is 4. The fraction of sp³-hybridized carbons (Fsp3) is 0.417. The van der Waals surface area contributed by atoms with Crippen LogP contribution < -0.4 is 9.47 Å². The molecule has 0 bridgehead atoms. The topological polar surface area (TPSA) is 65.0 Å². The third-order valence-electron chi connectivity index (χ3n) is 2.54. The Labute approximate surface area is 98.9 Å². The van der Waals surface area contributed by atoms with Gasteiger partial charge in [-0.3, -0.25) is 0 Å². The fourth-order valence-electron chi connectivity index (χ4n) is 1.68. The molecular weight excluding hydrogens is 224 g/mol. The monoisotopic (exact) mass is 238 g/mol. The van der Waals surface area contributed by atoms with E-state index < -0.39 is 12.1 Å². The van der Waals surface area contributed by atoms with Crippen molar-refractivity contribution in [2.45, 2.75) is 12.5 Å². The van der Waals surface area contributed by atoms with Crippen molar-refractivity contribution in [3.8, 4) is 11.5 Å². The number of methoxy groups -OCH3 is 1. The van der Waals surface area contributed by atoms with Crippen molar-refractivity contribution in [2.75, 3.05) is 20.3 Å². The number of benzene rings is 1. The number of hydrogen-bond donors (Lipinski definition) is 1. The fourth-order valence-corrected chi connectivity index (χ4v) is 1.68. The van der Waals surface area contributed by atoms with Crippen molar-refractivity contribution in [1.29, 1.82) is 0 Å². The molecule has 1 aromatic carbocycles. The Morgan fingerprint density at radius 1 is 1.53 bits per heavy atom. The lowest BCUT2D eigenvalue weighted by Crippen LogP contribution is -2.24. The highest BCUT2D eigenvalue weighted by Gasteiger charge is 2.28. The van der Waals surface area contributed by atoms with Gasteiger partial charge in [0.05, 0.1) is 6.61 Å². The second kappa shape index (κ2) is 5.05. The van der Waals surface area contributed by atoms with Gasteiger partial charge in [0.2, 0.25) is 0 Å². The van der Waals surface area contributed by atoms with Gasteiger partial charge in [-0.15, -0.1) is 0 Å². The highest BCUT2D eigenvalue weighted by Crippen LogP contribution is 2.32. The van der Waals surface area contributed by atoms with Crippen molar-refractivity contribution >= 4 is 5.97 Å². The van der Waals surface area contributed by atoms with E-state index >= 15 is 0 Å². The molecule has 0 saturated heterocycles. The molecule has 0 saturated carbocycles. The maximum atomic E-state index is 10.8. The number of carboxylic acid groups (broad SMARTS) is 1. The lowest BCUT2D eigenvalue weighted by molar-refractivity contribution is -0.144. The highest BCUT2D eigenvalue weighted by atomic mass is 16.5. The summed E-state index contributed by atoms with van der Waals surface area (Å²) >= 11 is 0. The Hall–Kier alpha value is -1.75. The summed E-state index contributed by atoms with van der Waals surface area (Å²) in [5.41, 5.74) is 0.900. The lowest BCUT2D eigenvalue weighted by atomic mass is 10.1. The average Bonchev–Trinajstić information content (AvgIpc) is 2.72. The highest BCUT2D eigenvalue weighted by molar-refractivity contribution is 5.74. The van der Waals surface area contributed by atoms with E-state index in [1.807, 2.05) is 12.1 Å². The van der Waals surface area contributed by atoms with Crippen LogP contribution >= 0.6 is 0 Å². The van der Waals surface area contributed by atoms with Crippen LogP contribution in [0.15, 0.2) is 18.2 Å². The number of rotatable bonds is 5. The molecule has 1 aliphatic heterocycles. The van der Waals surface area contributed by atoms with Crippen LogP contribution in [0, 0.1) is 0 Å². The van der Waals surface area contributed by atoms with E-state index in [0.29, 0.717) is 31.1 Å². The SMILES string of the molecule is COCCOc1ccc2c(c1)OC(C(=O)O)C2. The first-order chi connectivity index (χ1) is 8.20. The molecule has 92 valence electrons. The molecule has 17 heavy (non-hydrogen) atoms. The molecule has 1 aromatic rings. The van der Waals surface area contributed by atoms with Crippen LogP contribution in [-0.2, 0) is 16.0 Å². The van der Waals surface area contributed by atoms with Gasteiger partial charge in [0, 0.05) is 19.6 Å². The summed E-state index contributed by atoms with van der Waals surface area (Å²) in [5, 5.41) is 8.86. The zero-order valence-corrected chi connectivity index (χ0v) is 9.51. The zero-order chi connectivity index (χ0) is 12.3. The van der Waals surface area contributed by atoms with Gasteiger partial charge >= 0.3 is 5.97 Å². The van der Waals surface area contributed by atoms with Gasteiger partial charge < -0.3 is 19.3 Å².